The van der Waals surface area contributed by atoms with Crippen molar-refractivity contribution in [2.24, 2.45) is 0 Å². The Hall–Kier alpha value is -3.98. The Balaban J connectivity index is 1.61. The molecular formula is C29H22N2O. The first-order valence-electron chi connectivity index (χ1n) is 10.9. The molecule has 0 atom stereocenters. The molecule has 0 unspecified atom stereocenters. The zero-order valence-electron chi connectivity index (χ0n) is 18.0. The SMILES string of the molecule is CC1(C)c2ccccc2Oc2c(-c3nc(-c4ccccc4)c4ccccc4n3)cccc21. The van der Waals surface area contributed by atoms with E-state index >= 15 is 0 Å². The van der Waals surface area contributed by atoms with Crippen LogP contribution in [0.3, 0.4) is 0 Å². The van der Waals surface area contributed by atoms with Gasteiger partial charge >= 0.3 is 0 Å². The summed E-state index contributed by atoms with van der Waals surface area (Å²) in [5.74, 6) is 2.40. The van der Waals surface area contributed by atoms with E-state index in [-0.39, 0.29) is 5.41 Å². The molecule has 4 aromatic carbocycles. The molecule has 3 nitrogen and oxygen atoms in total. The highest BCUT2D eigenvalue weighted by molar-refractivity contribution is 5.94. The summed E-state index contributed by atoms with van der Waals surface area (Å²) in [5, 5.41) is 1.04. The Morgan fingerprint density at radius 1 is 0.656 bits per heavy atom. The standard InChI is InChI=1S/C29H22N2O/c1-29(2)22-15-7-9-18-25(22)32-27-21(14-10-16-23(27)29)28-30-24-17-8-6-13-20(24)26(31-28)19-11-4-3-5-12-19/h3-18H,1-2H3. The predicted molar refractivity (Wildman–Crippen MR) is 129 cm³/mol. The second-order valence-corrected chi connectivity index (χ2v) is 8.68. The van der Waals surface area contributed by atoms with Crippen molar-refractivity contribution in [3.05, 3.63) is 108 Å². The first-order valence-corrected chi connectivity index (χ1v) is 10.9. The van der Waals surface area contributed by atoms with E-state index in [9.17, 15) is 0 Å². The lowest BCUT2D eigenvalue weighted by atomic mass is 9.75. The number of para-hydroxylation sites is 3. The van der Waals surface area contributed by atoms with Gasteiger partial charge in [0.25, 0.3) is 0 Å². The first-order chi connectivity index (χ1) is 15.6. The van der Waals surface area contributed by atoms with Crippen LogP contribution in [0.5, 0.6) is 11.5 Å². The van der Waals surface area contributed by atoms with Crippen LogP contribution in [0.25, 0.3) is 33.5 Å². The molecule has 0 spiro atoms. The fourth-order valence-corrected chi connectivity index (χ4v) is 4.66. The number of nitrogens with zero attached hydrogens (tertiary/aromatic N) is 2. The molecular weight excluding hydrogens is 392 g/mol. The van der Waals surface area contributed by atoms with Crippen LogP contribution in [0, 0.1) is 0 Å². The molecule has 0 N–H and O–H groups in total. The second-order valence-electron chi connectivity index (χ2n) is 8.68. The summed E-state index contributed by atoms with van der Waals surface area (Å²) in [6.45, 7) is 4.49. The average molecular weight is 415 g/mol. The molecule has 1 aliphatic rings. The Morgan fingerprint density at radius 3 is 2.25 bits per heavy atom. The van der Waals surface area contributed by atoms with E-state index in [2.05, 4.69) is 62.4 Å². The Kier molecular flexibility index (Phi) is 4.12. The fourth-order valence-electron chi connectivity index (χ4n) is 4.66. The molecule has 1 aromatic heterocycles. The van der Waals surface area contributed by atoms with Gasteiger partial charge in [-0.25, -0.2) is 9.97 Å². The molecule has 6 rings (SSSR count). The van der Waals surface area contributed by atoms with Gasteiger partial charge in [-0.15, -0.1) is 0 Å². The number of hydrogen-bond donors (Lipinski definition) is 0. The predicted octanol–water partition coefficient (Wildman–Crippen LogP) is 7.40. The Morgan fingerprint density at radius 2 is 1.38 bits per heavy atom. The molecule has 1 aliphatic heterocycles. The topological polar surface area (TPSA) is 35.0 Å². The summed E-state index contributed by atoms with van der Waals surface area (Å²) in [7, 11) is 0. The van der Waals surface area contributed by atoms with Crippen LogP contribution in [-0.2, 0) is 5.41 Å². The third kappa shape index (κ3) is 2.82. The molecule has 0 amide bonds. The zero-order valence-corrected chi connectivity index (χ0v) is 18.0. The van der Waals surface area contributed by atoms with Gasteiger partial charge in [0.15, 0.2) is 5.82 Å². The highest BCUT2D eigenvalue weighted by atomic mass is 16.5. The Labute approximate surface area is 187 Å². The molecule has 2 heterocycles. The fraction of sp³-hybridized carbons (Fsp3) is 0.103. The van der Waals surface area contributed by atoms with Gasteiger partial charge in [0.1, 0.15) is 11.5 Å². The van der Waals surface area contributed by atoms with Gasteiger partial charge in [0.2, 0.25) is 0 Å². The van der Waals surface area contributed by atoms with Crippen molar-refractivity contribution in [2.75, 3.05) is 0 Å². The third-order valence-electron chi connectivity index (χ3n) is 6.35. The lowest BCUT2D eigenvalue weighted by Crippen LogP contribution is -2.24. The molecule has 0 saturated heterocycles. The van der Waals surface area contributed by atoms with E-state index in [0.717, 1.165) is 44.8 Å². The van der Waals surface area contributed by atoms with Crippen LogP contribution in [0.2, 0.25) is 0 Å². The number of fused-ring (bicyclic) bond motifs is 3. The average Bonchev–Trinajstić information content (AvgIpc) is 2.84. The van der Waals surface area contributed by atoms with Crippen molar-refractivity contribution in [3.8, 4) is 34.1 Å². The maximum Gasteiger partial charge on any atom is 0.164 e. The van der Waals surface area contributed by atoms with Gasteiger partial charge < -0.3 is 4.74 Å². The summed E-state index contributed by atoms with van der Waals surface area (Å²) in [6.07, 6.45) is 0. The molecule has 0 saturated carbocycles. The van der Waals surface area contributed by atoms with Gasteiger partial charge in [0.05, 0.1) is 16.8 Å². The second kappa shape index (κ2) is 7.03. The van der Waals surface area contributed by atoms with Crippen molar-refractivity contribution < 1.29 is 4.74 Å². The minimum absolute atomic E-state index is 0.181. The molecule has 0 radical (unpaired) electrons. The summed E-state index contributed by atoms with van der Waals surface area (Å²) in [6, 6.07) is 33.0. The van der Waals surface area contributed by atoms with E-state index in [1.165, 1.54) is 5.56 Å². The smallest absolute Gasteiger partial charge is 0.164 e. The highest BCUT2D eigenvalue weighted by Gasteiger charge is 2.35. The monoisotopic (exact) mass is 414 g/mol. The number of rotatable bonds is 2. The summed E-state index contributed by atoms with van der Waals surface area (Å²) in [5.41, 5.74) is 5.99. The largest absolute Gasteiger partial charge is 0.456 e. The molecule has 0 fully saturated rings. The van der Waals surface area contributed by atoms with Gasteiger partial charge in [0, 0.05) is 27.5 Å². The van der Waals surface area contributed by atoms with Crippen molar-refractivity contribution in [3.63, 3.8) is 0 Å². The molecule has 0 aliphatic carbocycles. The van der Waals surface area contributed by atoms with Crippen LogP contribution in [-0.4, -0.2) is 9.97 Å². The quantitative estimate of drug-likeness (QED) is 0.302. The van der Waals surface area contributed by atoms with Crippen LogP contribution in [0.1, 0.15) is 25.0 Å². The normalized spacial score (nSPS) is 13.8. The highest BCUT2D eigenvalue weighted by Crippen LogP contribution is 2.50. The van der Waals surface area contributed by atoms with Gasteiger partial charge in [-0.2, -0.15) is 0 Å². The van der Waals surface area contributed by atoms with Crippen molar-refractivity contribution in [1.82, 2.24) is 9.97 Å². The number of aromatic nitrogens is 2. The van der Waals surface area contributed by atoms with Crippen LogP contribution < -0.4 is 4.74 Å². The maximum absolute atomic E-state index is 6.48. The third-order valence-corrected chi connectivity index (χ3v) is 6.35. The number of ether oxygens (including phenoxy) is 1. The van der Waals surface area contributed by atoms with Crippen molar-refractivity contribution in [1.29, 1.82) is 0 Å². The van der Waals surface area contributed by atoms with E-state index in [4.69, 9.17) is 14.7 Å². The van der Waals surface area contributed by atoms with Crippen LogP contribution in [0.15, 0.2) is 97.1 Å². The molecule has 154 valence electrons. The first kappa shape index (κ1) is 18.8. The molecule has 0 bridgehead atoms. The van der Waals surface area contributed by atoms with E-state index in [1.807, 2.05) is 48.5 Å². The summed E-state index contributed by atoms with van der Waals surface area (Å²) >= 11 is 0. The van der Waals surface area contributed by atoms with E-state index in [0.29, 0.717) is 5.82 Å². The van der Waals surface area contributed by atoms with Crippen molar-refractivity contribution >= 4 is 10.9 Å². The molecule has 3 heteroatoms. The number of benzene rings is 4. The van der Waals surface area contributed by atoms with E-state index < -0.39 is 0 Å². The van der Waals surface area contributed by atoms with Gasteiger partial charge in [-0.3, -0.25) is 0 Å². The van der Waals surface area contributed by atoms with E-state index in [1.54, 1.807) is 0 Å². The minimum atomic E-state index is -0.181. The lowest BCUT2D eigenvalue weighted by molar-refractivity contribution is 0.419. The van der Waals surface area contributed by atoms with Gasteiger partial charge in [-0.1, -0.05) is 92.7 Å². The molecule has 32 heavy (non-hydrogen) atoms. The minimum Gasteiger partial charge on any atom is -0.456 e. The Bertz CT molecular complexity index is 1470. The zero-order chi connectivity index (χ0) is 21.7. The number of hydrogen-bond acceptors (Lipinski definition) is 3. The molecule has 5 aromatic rings. The maximum atomic E-state index is 6.48. The van der Waals surface area contributed by atoms with Crippen LogP contribution in [0.4, 0.5) is 0 Å². The van der Waals surface area contributed by atoms with Crippen molar-refractivity contribution in [2.45, 2.75) is 19.3 Å². The lowest BCUT2D eigenvalue weighted by Gasteiger charge is -2.35. The van der Waals surface area contributed by atoms with Gasteiger partial charge in [-0.05, 0) is 18.2 Å². The van der Waals surface area contributed by atoms with Crippen LogP contribution >= 0.6 is 0 Å². The summed E-state index contributed by atoms with van der Waals surface area (Å²) < 4.78 is 6.48. The summed E-state index contributed by atoms with van der Waals surface area (Å²) in [4.78, 5) is 10.0.